The number of benzene rings is 1. The number of alkyl halides is 3. The highest BCUT2D eigenvalue weighted by atomic mass is 35.5. The molecule has 0 aromatic heterocycles. The molecular formula is C16H25ClF3N3O. The smallest absolute Gasteiger partial charge is 0.337 e. The molecule has 1 atom stereocenters. The Morgan fingerprint density at radius 1 is 1.25 bits per heavy atom. The maximum atomic E-state index is 12.8. The van der Waals surface area contributed by atoms with E-state index in [-0.39, 0.29) is 37.3 Å². The van der Waals surface area contributed by atoms with Crippen LogP contribution in [-0.4, -0.2) is 48.9 Å². The van der Waals surface area contributed by atoms with Crippen LogP contribution in [-0.2, 0) is 17.5 Å². The van der Waals surface area contributed by atoms with E-state index in [0.29, 0.717) is 18.7 Å². The summed E-state index contributed by atoms with van der Waals surface area (Å²) in [4.78, 5) is 15.7. The number of carbonyl (C=O) groups excluding carboxylic acids is 1. The summed E-state index contributed by atoms with van der Waals surface area (Å²) in [6, 6.07) is 4.78. The van der Waals surface area contributed by atoms with E-state index < -0.39 is 11.7 Å². The third kappa shape index (κ3) is 7.99. The highest BCUT2D eigenvalue weighted by Gasteiger charge is 2.30. The SMILES string of the molecule is CC(N)CC(=O)N(CCN(C)C)Cc1cccc(C(F)(F)F)c1.Cl. The van der Waals surface area contributed by atoms with Gasteiger partial charge in [-0.2, -0.15) is 13.2 Å². The number of halogens is 4. The number of carbonyl (C=O) groups is 1. The summed E-state index contributed by atoms with van der Waals surface area (Å²) in [6.45, 7) is 2.94. The van der Waals surface area contributed by atoms with Crippen LogP contribution in [0.3, 0.4) is 0 Å². The van der Waals surface area contributed by atoms with E-state index >= 15 is 0 Å². The van der Waals surface area contributed by atoms with Crippen molar-refractivity contribution in [3.8, 4) is 0 Å². The number of hydrogen-bond donors (Lipinski definition) is 1. The number of nitrogens with zero attached hydrogens (tertiary/aromatic N) is 2. The van der Waals surface area contributed by atoms with Crippen molar-refractivity contribution in [2.24, 2.45) is 5.73 Å². The second kappa shape index (κ2) is 9.86. The molecule has 0 heterocycles. The van der Waals surface area contributed by atoms with Gasteiger partial charge < -0.3 is 15.5 Å². The molecular weight excluding hydrogens is 343 g/mol. The number of nitrogens with two attached hydrogens (primary N) is 1. The van der Waals surface area contributed by atoms with Crippen molar-refractivity contribution in [2.45, 2.75) is 32.1 Å². The molecule has 0 bridgehead atoms. The van der Waals surface area contributed by atoms with E-state index in [1.54, 1.807) is 17.9 Å². The lowest BCUT2D eigenvalue weighted by atomic mass is 10.1. The van der Waals surface area contributed by atoms with Crippen LogP contribution >= 0.6 is 12.4 Å². The van der Waals surface area contributed by atoms with Crippen LogP contribution in [0, 0.1) is 0 Å². The molecule has 0 radical (unpaired) electrons. The number of likely N-dealkylation sites (N-methyl/N-ethyl adjacent to an activating group) is 1. The molecule has 24 heavy (non-hydrogen) atoms. The van der Waals surface area contributed by atoms with Crippen molar-refractivity contribution in [3.63, 3.8) is 0 Å². The molecule has 2 N–H and O–H groups in total. The van der Waals surface area contributed by atoms with Gasteiger partial charge in [0.2, 0.25) is 5.91 Å². The Bertz CT molecular complexity index is 522. The summed E-state index contributed by atoms with van der Waals surface area (Å²) in [6.07, 6.45) is -4.22. The molecule has 0 aliphatic rings. The summed E-state index contributed by atoms with van der Waals surface area (Å²) in [5, 5.41) is 0. The first-order valence-electron chi connectivity index (χ1n) is 7.44. The minimum atomic E-state index is -4.39. The van der Waals surface area contributed by atoms with Gasteiger partial charge in [0, 0.05) is 32.1 Å². The Morgan fingerprint density at radius 2 is 1.88 bits per heavy atom. The molecule has 1 rings (SSSR count). The largest absolute Gasteiger partial charge is 0.416 e. The van der Waals surface area contributed by atoms with Gasteiger partial charge in [0.25, 0.3) is 0 Å². The van der Waals surface area contributed by atoms with Crippen molar-refractivity contribution in [1.29, 1.82) is 0 Å². The van der Waals surface area contributed by atoms with E-state index in [1.165, 1.54) is 6.07 Å². The van der Waals surface area contributed by atoms with Gasteiger partial charge in [-0.25, -0.2) is 0 Å². The Hall–Kier alpha value is -1.31. The molecule has 0 aliphatic heterocycles. The summed E-state index contributed by atoms with van der Waals surface area (Å²) >= 11 is 0. The van der Waals surface area contributed by atoms with Crippen LogP contribution in [0.5, 0.6) is 0 Å². The second-order valence-electron chi connectivity index (χ2n) is 6.00. The maximum Gasteiger partial charge on any atom is 0.416 e. The topological polar surface area (TPSA) is 49.6 Å². The summed E-state index contributed by atoms with van der Waals surface area (Å²) in [5.74, 6) is -0.153. The van der Waals surface area contributed by atoms with Gasteiger partial charge in [-0.3, -0.25) is 4.79 Å². The molecule has 138 valence electrons. The Labute approximate surface area is 147 Å². The normalized spacial score (nSPS) is 12.7. The maximum absolute atomic E-state index is 12.8. The Kier molecular flexibility index (Phi) is 9.32. The van der Waals surface area contributed by atoms with Crippen LogP contribution in [0.1, 0.15) is 24.5 Å². The van der Waals surface area contributed by atoms with Gasteiger partial charge in [-0.05, 0) is 38.7 Å². The minimum absolute atomic E-state index is 0. The lowest BCUT2D eigenvalue weighted by Crippen LogP contribution is -2.38. The molecule has 1 aromatic rings. The van der Waals surface area contributed by atoms with Crippen LogP contribution < -0.4 is 5.73 Å². The fraction of sp³-hybridized carbons (Fsp3) is 0.562. The lowest BCUT2D eigenvalue weighted by molar-refractivity contribution is -0.137. The van der Waals surface area contributed by atoms with Crippen molar-refractivity contribution in [1.82, 2.24) is 9.80 Å². The zero-order chi connectivity index (χ0) is 17.6. The molecule has 0 spiro atoms. The van der Waals surface area contributed by atoms with Crippen molar-refractivity contribution in [3.05, 3.63) is 35.4 Å². The Morgan fingerprint density at radius 3 is 2.38 bits per heavy atom. The van der Waals surface area contributed by atoms with E-state index in [9.17, 15) is 18.0 Å². The first-order chi connectivity index (χ1) is 10.6. The highest BCUT2D eigenvalue weighted by molar-refractivity contribution is 5.85. The standard InChI is InChI=1S/C16H24F3N3O.ClH/c1-12(20)9-15(23)22(8-7-21(2)3)11-13-5-4-6-14(10-13)16(17,18)19;/h4-6,10,12H,7-9,11,20H2,1-3H3;1H. The fourth-order valence-corrected chi connectivity index (χ4v) is 2.08. The summed E-state index contributed by atoms with van der Waals surface area (Å²) in [7, 11) is 3.75. The Balaban J connectivity index is 0.00000529. The average molecular weight is 368 g/mol. The number of amides is 1. The van der Waals surface area contributed by atoms with Crippen molar-refractivity contribution in [2.75, 3.05) is 27.2 Å². The van der Waals surface area contributed by atoms with Crippen molar-refractivity contribution < 1.29 is 18.0 Å². The van der Waals surface area contributed by atoms with Gasteiger partial charge in [0.15, 0.2) is 0 Å². The van der Waals surface area contributed by atoms with E-state index in [4.69, 9.17) is 5.73 Å². The van der Waals surface area contributed by atoms with Gasteiger partial charge in [0.1, 0.15) is 0 Å². The highest BCUT2D eigenvalue weighted by Crippen LogP contribution is 2.29. The van der Waals surface area contributed by atoms with Crippen LogP contribution in [0.2, 0.25) is 0 Å². The predicted octanol–water partition coefficient (Wildman–Crippen LogP) is 2.75. The number of hydrogen-bond acceptors (Lipinski definition) is 3. The van der Waals surface area contributed by atoms with Gasteiger partial charge >= 0.3 is 6.18 Å². The third-order valence-corrected chi connectivity index (χ3v) is 3.29. The van der Waals surface area contributed by atoms with E-state index in [2.05, 4.69) is 0 Å². The molecule has 1 aromatic carbocycles. The lowest BCUT2D eigenvalue weighted by Gasteiger charge is -2.25. The summed E-state index contributed by atoms with van der Waals surface area (Å²) in [5.41, 5.74) is 5.40. The van der Waals surface area contributed by atoms with Crippen LogP contribution in [0.15, 0.2) is 24.3 Å². The molecule has 0 saturated carbocycles. The van der Waals surface area contributed by atoms with Crippen LogP contribution in [0.25, 0.3) is 0 Å². The number of rotatable bonds is 7. The second-order valence-corrected chi connectivity index (χ2v) is 6.00. The monoisotopic (exact) mass is 367 g/mol. The van der Waals surface area contributed by atoms with Gasteiger partial charge in [-0.15, -0.1) is 12.4 Å². The molecule has 0 fully saturated rings. The fourth-order valence-electron chi connectivity index (χ4n) is 2.08. The molecule has 0 aliphatic carbocycles. The average Bonchev–Trinajstić information content (AvgIpc) is 2.41. The predicted molar refractivity (Wildman–Crippen MR) is 90.9 cm³/mol. The van der Waals surface area contributed by atoms with E-state index in [1.807, 2.05) is 19.0 Å². The summed E-state index contributed by atoms with van der Waals surface area (Å²) < 4.78 is 38.4. The van der Waals surface area contributed by atoms with Gasteiger partial charge in [-0.1, -0.05) is 12.1 Å². The van der Waals surface area contributed by atoms with E-state index in [0.717, 1.165) is 12.1 Å². The molecule has 1 unspecified atom stereocenters. The van der Waals surface area contributed by atoms with Crippen LogP contribution in [0.4, 0.5) is 13.2 Å². The molecule has 1 amide bonds. The first kappa shape index (κ1) is 22.7. The molecule has 8 heteroatoms. The zero-order valence-corrected chi connectivity index (χ0v) is 15.0. The van der Waals surface area contributed by atoms with Crippen molar-refractivity contribution >= 4 is 18.3 Å². The third-order valence-electron chi connectivity index (χ3n) is 3.29. The zero-order valence-electron chi connectivity index (χ0n) is 14.1. The molecule has 4 nitrogen and oxygen atoms in total. The van der Waals surface area contributed by atoms with Gasteiger partial charge in [0.05, 0.1) is 5.56 Å². The molecule has 0 saturated heterocycles. The first-order valence-corrected chi connectivity index (χ1v) is 7.44. The minimum Gasteiger partial charge on any atom is -0.337 e. The quantitative estimate of drug-likeness (QED) is 0.806.